The number of aryl methyl sites for hydroxylation is 3. The molecule has 0 saturated carbocycles. The van der Waals surface area contributed by atoms with E-state index in [1.807, 2.05) is 29.5 Å². The monoisotopic (exact) mass is 314 g/mol. The van der Waals surface area contributed by atoms with Crippen LogP contribution in [0.2, 0.25) is 0 Å². The first-order valence-electron chi connectivity index (χ1n) is 7.17. The van der Waals surface area contributed by atoms with Gasteiger partial charge in [-0.3, -0.25) is 9.78 Å². The number of anilines is 1. The number of hydrogen-bond donors (Lipinski definition) is 1. The number of nitrogens with one attached hydrogen (secondary N) is 1. The Hall–Kier alpha value is -2.97. The third-order valence-electron chi connectivity index (χ3n) is 3.35. The van der Waals surface area contributed by atoms with Crippen LogP contribution in [0.15, 0.2) is 29.6 Å². The van der Waals surface area contributed by atoms with Gasteiger partial charge in [-0.05, 0) is 26.8 Å². The first-order valence-corrected chi connectivity index (χ1v) is 7.17. The van der Waals surface area contributed by atoms with Crippen molar-refractivity contribution in [2.45, 2.75) is 34.1 Å². The van der Waals surface area contributed by atoms with Crippen molar-refractivity contribution in [2.24, 2.45) is 0 Å². The lowest BCUT2D eigenvalue weighted by atomic mass is 10.4. The number of rotatable bonds is 5. The largest absolute Gasteiger partial charge is 0.303 e. The fraction of sp³-hybridized carbons (Fsp3) is 0.357. The van der Waals surface area contributed by atoms with E-state index in [1.54, 1.807) is 17.9 Å². The van der Waals surface area contributed by atoms with E-state index < -0.39 is 0 Å². The van der Waals surface area contributed by atoms with Gasteiger partial charge in [0, 0.05) is 17.5 Å². The van der Waals surface area contributed by atoms with Crippen LogP contribution in [0.4, 0.5) is 5.95 Å². The highest BCUT2D eigenvalue weighted by molar-refractivity contribution is 5.28. The molecule has 0 aliphatic rings. The van der Waals surface area contributed by atoms with Gasteiger partial charge in [-0.25, -0.2) is 19.3 Å². The molecule has 0 amide bonds. The molecule has 0 aliphatic carbocycles. The van der Waals surface area contributed by atoms with Crippen LogP contribution in [0, 0.1) is 20.8 Å². The molecule has 0 unspecified atom stereocenters. The number of aromatic nitrogens is 7. The molecule has 120 valence electrons. The Morgan fingerprint density at radius 2 is 2.00 bits per heavy atom. The maximum absolute atomic E-state index is 11.8. The maximum Gasteiger partial charge on any atom is 0.252 e. The summed E-state index contributed by atoms with van der Waals surface area (Å²) in [4.78, 5) is 24.8. The van der Waals surface area contributed by atoms with Gasteiger partial charge in [0.15, 0.2) is 0 Å². The Morgan fingerprint density at radius 1 is 1.17 bits per heavy atom. The summed E-state index contributed by atoms with van der Waals surface area (Å²) in [6, 6.07) is 3.46. The van der Waals surface area contributed by atoms with E-state index >= 15 is 0 Å². The summed E-state index contributed by atoms with van der Waals surface area (Å²) in [6.07, 6.45) is 3.08. The second kappa shape index (κ2) is 6.03. The molecule has 3 aromatic heterocycles. The van der Waals surface area contributed by atoms with Crippen molar-refractivity contribution < 1.29 is 0 Å². The van der Waals surface area contributed by atoms with Crippen LogP contribution >= 0.6 is 0 Å². The summed E-state index contributed by atoms with van der Waals surface area (Å²) in [5, 5.41) is 8.57. The molecular formula is C14H18N8O. The molecule has 0 aliphatic heterocycles. The van der Waals surface area contributed by atoms with Crippen molar-refractivity contribution in [2.75, 3.05) is 4.90 Å². The Bertz CT molecular complexity index is 848. The van der Waals surface area contributed by atoms with Crippen LogP contribution in [0.3, 0.4) is 0 Å². The van der Waals surface area contributed by atoms with Crippen molar-refractivity contribution in [3.63, 3.8) is 0 Å². The lowest BCUT2D eigenvalue weighted by molar-refractivity contribution is 0.481. The third kappa shape index (κ3) is 3.44. The molecule has 9 heteroatoms. The molecule has 0 spiro atoms. The summed E-state index contributed by atoms with van der Waals surface area (Å²) in [5.41, 5.74) is 2.43. The fourth-order valence-corrected chi connectivity index (χ4v) is 2.35. The van der Waals surface area contributed by atoms with Gasteiger partial charge >= 0.3 is 0 Å². The zero-order valence-electron chi connectivity index (χ0n) is 13.3. The minimum Gasteiger partial charge on any atom is -0.303 e. The lowest BCUT2D eigenvalue weighted by Gasteiger charge is -2.23. The molecular weight excluding hydrogens is 296 g/mol. The minimum atomic E-state index is -0.190. The molecule has 0 radical (unpaired) electrons. The summed E-state index contributed by atoms with van der Waals surface area (Å²) in [7, 11) is 0. The Kier molecular flexibility index (Phi) is 3.92. The zero-order chi connectivity index (χ0) is 16.4. The smallest absolute Gasteiger partial charge is 0.252 e. The quantitative estimate of drug-likeness (QED) is 0.741. The van der Waals surface area contributed by atoms with Crippen molar-refractivity contribution in [3.8, 4) is 0 Å². The average molecular weight is 314 g/mol. The minimum absolute atomic E-state index is 0.190. The molecule has 3 rings (SSSR count). The van der Waals surface area contributed by atoms with E-state index in [0.717, 1.165) is 11.4 Å². The van der Waals surface area contributed by atoms with E-state index in [1.165, 1.54) is 12.4 Å². The predicted octanol–water partition coefficient (Wildman–Crippen LogP) is 0.605. The number of aromatic amines is 1. The molecule has 1 N–H and O–H groups in total. The van der Waals surface area contributed by atoms with Crippen molar-refractivity contribution >= 4 is 5.95 Å². The molecule has 0 saturated heterocycles. The van der Waals surface area contributed by atoms with Gasteiger partial charge in [-0.2, -0.15) is 10.2 Å². The Balaban J connectivity index is 1.95. The Labute approximate surface area is 132 Å². The first kappa shape index (κ1) is 14.9. The Morgan fingerprint density at radius 3 is 2.61 bits per heavy atom. The molecule has 0 aromatic carbocycles. The average Bonchev–Trinajstić information content (AvgIpc) is 3.07. The van der Waals surface area contributed by atoms with Crippen LogP contribution in [-0.4, -0.2) is 34.5 Å². The first-order chi connectivity index (χ1) is 11.0. The summed E-state index contributed by atoms with van der Waals surface area (Å²) in [5.74, 6) is 0.470. The second-order valence-corrected chi connectivity index (χ2v) is 5.39. The van der Waals surface area contributed by atoms with E-state index in [9.17, 15) is 4.79 Å². The van der Waals surface area contributed by atoms with E-state index in [-0.39, 0.29) is 5.56 Å². The van der Waals surface area contributed by atoms with Crippen LogP contribution in [0.25, 0.3) is 0 Å². The molecule has 0 atom stereocenters. The van der Waals surface area contributed by atoms with Crippen LogP contribution in [0.1, 0.15) is 17.1 Å². The SMILES string of the molecule is Cc1cc(=O)[nH]c(N(Cn2cncn2)Cn2nc(C)cc2C)n1. The number of H-pyrrole nitrogens is 1. The third-order valence-corrected chi connectivity index (χ3v) is 3.35. The van der Waals surface area contributed by atoms with Gasteiger partial charge < -0.3 is 4.90 Å². The van der Waals surface area contributed by atoms with Gasteiger partial charge in [0.2, 0.25) is 5.95 Å². The van der Waals surface area contributed by atoms with Crippen molar-refractivity contribution in [1.82, 2.24) is 34.5 Å². The summed E-state index contributed by atoms with van der Waals surface area (Å²) in [6.45, 7) is 6.55. The highest BCUT2D eigenvalue weighted by Gasteiger charge is 2.13. The van der Waals surface area contributed by atoms with Gasteiger partial charge in [0.1, 0.15) is 26.0 Å². The van der Waals surface area contributed by atoms with Gasteiger partial charge in [-0.1, -0.05) is 0 Å². The van der Waals surface area contributed by atoms with Gasteiger partial charge in [0.25, 0.3) is 5.56 Å². The van der Waals surface area contributed by atoms with Crippen LogP contribution in [0.5, 0.6) is 0 Å². The maximum atomic E-state index is 11.8. The normalized spacial score (nSPS) is 10.9. The van der Waals surface area contributed by atoms with Crippen molar-refractivity contribution in [3.05, 3.63) is 52.2 Å². The summed E-state index contributed by atoms with van der Waals surface area (Å²) < 4.78 is 3.52. The second-order valence-electron chi connectivity index (χ2n) is 5.39. The number of hydrogen-bond acceptors (Lipinski definition) is 6. The van der Waals surface area contributed by atoms with Gasteiger partial charge in [-0.15, -0.1) is 0 Å². The standard InChI is InChI=1S/C14H18N8O/c1-10-5-13(23)18-14(17-10)20(8-21-7-15-6-16-21)9-22-12(3)4-11(2)19-22/h4-7H,8-9H2,1-3H3,(H,17,18,23). The fourth-order valence-electron chi connectivity index (χ4n) is 2.35. The predicted molar refractivity (Wildman–Crippen MR) is 83.8 cm³/mol. The van der Waals surface area contributed by atoms with Crippen molar-refractivity contribution in [1.29, 1.82) is 0 Å². The molecule has 9 nitrogen and oxygen atoms in total. The molecule has 23 heavy (non-hydrogen) atoms. The van der Waals surface area contributed by atoms with E-state index in [0.29, 0.717) is 25.0 Å². The van der Waals surface area contributed by atoms with E-state index in [4.69, 9.17) is 0 Å². The zero-order valence-corrected chi connectivity index (χ0v) is 13.3. The highest BCUT2D eigenvalue weighted by atomic mass is 16.1. The molecule has 3 aromatic rings. The van der Waals surface area contributed by atoms with E-state index in [2.05, 4.69) is 25.1 Å². The molecule has 0 fully saturated rings. The number of nitrogens with zero attached hydrogens (tertiary/aromatic N) is 7. The highest BCUT2D eigenvalue weighted by Crippen LogP contribution is 2.11. The van der Waals surface area contributed by atoms with Crippen LogP contribution in [-0.2, 0) is 13.3 Å². The van der Waals surface area contributed by atoms with Gasteiger partial charge in [0.05, 0.1) is 5.69 Å². The molecule has 3 heterocycles. The summed E-state index contributed by atoms with van der Waals surface area (Å²) >= 11 is 0. The van der Waals surface area contributed by atoms with Crippen LogP contribution < -0.4 is 10.5 Å². The topological polar surface area (TPSA) is 97.5 Å². The molecule has 0 bridgehead atoms. The lowest BCUT2D eigenvalue weighted by Crippen LogP contribution is -2.33.